The minimum atomic E-state index is -0.377. The summed E-state index contributed by atoms with van der Waals surface area (Å²) in [4.78, 5) is 41.1. The van der Waals surface area contributed by atoms with E-state index in [1.165, 1.54) is 11.0 Å². The number of nitrogens with zero attached hydrogens (tertiary/aromatic N) is 5. The molecular weight excluding hydrogens is 422 g/mol. The molecule has 9 heteroatoms. The van der Waals surface area contributed by atoms with Crippen molar-refractivity contribution < 1.29 is 14.5 Å². The minimum absolute atomic E-state index is 0.0238. The molecule has 0 aliphatic carbocycles. The highest BCUT2D eigenvalue weighted by atomic mass is 16.6. The second-order valence-corrected chi connectivity index (χ2v) is 8.34. The zero-order valence-corrected chi connectivity index (χ0v) is 19.2. The number of piperazine rings is 1. The van der Waals surface area contributed by atoms with Gasteiger partial charge in [0.25, 0.3) is 11.6 Å². The van der Waals surface area contributed by atoms with E-state index < -0.39 is 0 Å². The van der Waals surface area contributed by atoms with Crippen molar-refractivity contribution >= 4 is 29.4 Å². The van der Waals surface area contributed by atoms with Gasteiger partial charge in [-0.15, -0.1) is 0 Å². The number of carbonyl (C=O) groups excluding carboxylic acids is 2. The van der Waals surface area contributed by atoms with Gasteiger partial charge in [-0.05, 0) is 37.1 Å². The van der Waals surface area contributed by atoms with Crippen LogP contribution in [-0.2, 0) is 4.79 Å². The van der Waals surface area contributed by atoms with Gasteiger partial charge in [-0.3, -0.25) is 19.7 Å². The topological polar surface area (TPSA) is 90.2 Å². The highest BCUT2D eigenvalue weighted by Crippen LogP contribution is 2.32. The highest BCUT2D eigenvalue weighted by Gasteiger charge is 2.27. The van der Waals surface area contributed by atoms with Gasteiger partial charge in [0, 0.05) is 70.7 Å². The number of hydrogen-bond acceptors (Lipinski definition) is 6. The van der Waals surface area contributed by atoms with Gasteiger partial charge < -0.3 is 19.6 Å². The lowest BCUT2D eigenvalue weighted by molar-refractivity contribution is -0.384. The molecule has 0 spiro atoms. The summed E-state index contributed by atoms with van der Waals surface area (Å²) in [5.74, 6) is -0.135. The summed E-state index contributed by atoms with van der Waals surface area (Å²) in [6.45, 7) is 4.38. The first-order chi connectivity index (χ1) is 15.9. The molecule has 176 valence electrons. The number of benzene rings is 2. The van der Waals surface area contributed by atoms with Crippen LogP contribution in [-0.4, -0.2) is 80.4 Å². The molecule has 2 aliphatic rings. The van der Waals surface area contributed by atoms with Gasteiger partial charge in [0.1, 0.15) is 5.69 Å². The summed E-state index contributed by atoms with van der Waals surface area (Å²) in [5, 5.41) is 11.6. The second-order valence-electron chi connectivity index (χ2n) is 8.34. The lowest BCUT2D eigenvalue weighted by Crippen LogP contribution is -2.48. The number of hydrogen-bond donors (Lipinski definition) is 0. The van der Waals surface area contributed by atoms with Crippen molar-refractivity contribution in [3.05, 3.63) is 64.2 Å². The van der Waals surface area contributed by atoms with Gasteiger partial charge in [-0.25, -0.2) is 0 Å². The number of para-hydroxylation sites is 1. The van der Waals surface area contributed by atoms with Crippen molar-refractivity contribution in [1.82, 2.24) is 9.80 Å². The summed E-state index contributed by atoms with van der Waals surface area (Å²) < 4.78 is 0. The molecule has 2 aliphatic heterocycles. The third-order valence-corrected chi connectivity index (χ3v) is 5.76. The van der Waals surface area contributed by atoms with Crippen molar-refractivity contribution in [2.75, 3.05) is 63.2 Å². The molecule has 0 saturated carbocycles. The second kappa shape index (κ2) is 11.3. The Hall–Kier alpha value is -3.62. The van der Waals surface area contributed by atoms with E-state index >= 15 is 0 Å². The Morgan fingerprint density at radius 3 is 2.09 bits per heavy atom. The van der Waals surface area contributed by atoms with E-state index in [-0.39, 0.29) is 16.5 Å². The molecule has 2 aromatic rings. The Kier molecular flexibility index (Phi) is 8.23. The van der Waals surface area contributed by atoms with E-state index in [0.29, 0.717) is 24.3 Å². The molecule has 9 nitrogen and oxygen atoms in total. The molecule has 2 saturated heterocycles. The quantitative estimate of drug-likeness (QED) is 0.393. The third kappa shape index (κ3) is 6.21. The molecular formula is C24H31N5O4. The molecule has 2 heterocycles. The summed E-state index contributed by atoms with van der Waals surface area (Å²) >= 11 is 0. The van der Waals surface area contributed by atoms with Crippen LogP contribution in [0.1, 0.15) is 23.2 Å². The molecule has 0 atom stereocenters. The van der Waals surface area contributed by atoms with Gasteiger partial charge in [0.05, 0.1) is 4.92 Å². The number of rotatable bonds is 5. The Morgan fingerprint density at radius 2 is 1.55 bits per heavy atom. The molecule has 0 bridgehead atoms. The van der Waals surface area contributed by atoms with Crippen LogP contribution in [0.3, 0.4) is 0 Å². The average molecular weight is 454 g/mol. The monoisotopic (exact) mass is 453 g/mol. The van der Waals surface area contributed by atoms with Gasteiger partial charge in [-0.1, -0.05) is 18.2 Å². The van der Waals surface area contributed by atoms with Crippen LogP contribution in [0, 0.1) is 10.1 Å². The van der Waals surface area contributed by atoms with Crippen LogP contribution < -0.4 is 9.80 Å². The Balaban J connectivity index is 0.000000555. The lowest BCUT2D eigenvalue weighted by Gasteiger charge is -2.36. The number of nitro benzene ring substituents is 1. The highest BCUT2D eigenvalue weighted by molar-refractivity contribution is 5.96. The molecule has 4 rings (SSSR count). The fourth-order valence-electron chi connectivity index (χ4n) is 4.02. The first kappa shape index (κ1) is 24.0. The zero-order chi connectivity index (χ0) is 23.8. The molecule has 0 radical (unpaired) electrons. The number of amides is 2. The lowest BCUT2D eigenvalue weighted by atomic mass is 10.1. The summed E-state index contributed by atoms with van der Waals surface area (Å²) in [5.41, 5.74) is 2.19. The van der Waals surface area contributed by atoms with Gasteiger partial charge in [-0.2, -0.15) is 0 Å². The van der Waals surface area contributed by atoms with Crippen LogP contribution in [0.25, 0.3) is 0 Å². The molecule has 33 heavy (non-hydrogen) atoms. The van der Waals surface area contributed by atoms with Crippen LogP contribution in [0.15, 0.2) is 48.5 Å². The number of nitro groups is 1. The van der Waals surface area contributed by atoms with E-state index in [9.17, 15) is 19.7 Å². The summed E-state index contributed by atoms with van der Waals surface area (Å²) in [6, 6.07) is 15.0. The van der Waals surface area contributed by atoms with Crippen LogP contribution in [0.5, 0.6) is 0 Å². The fourth-order valence-corrected chi connectivity index (χ4v) is 4.02. The summed E-state index contributed by atoms with van der Waals surface area (Å²) in [6.07, 6.45) is 2.84. The third-order valence-electron chi connectivity index (χ3n) is 5.76. The predicted molar refractivity (Wildman–Crippen MR) is 129 cm³/mol. The maximum Gasteiger partial charge on any atom is 0.293 e. The van der Waals surface area contributed by atoms with E-state index in [4.69, 9.17) is 0 Å². The fraction of sp³-hybridized carbons (Fsp3) is 0.417. The van der Waals surface area contributed by atoms with Gasteiger partial charge in [0.15, 0.2) is 0 Å². The average Bonchev–Trinajstić information content (AvgIpc) is 3.39. The van der Waals surface area contributed by atoms with E-state index in [2.05, 4.69) is 17.0 Å². The maximum atomic E-state index is 12.9. The molecule has 2 fully saturated rings. The number of anilines is 2. The molecule has 0 aromatic heterocycles. The first-order valence-corrected chi connectivity index (χ1v) is 11.1. The van der Waals surface area contributed by atoms with Gasteiger partial charge in [0.2, 0.25) is 6.41 Å². The van der Waals surface area contributed by atoms with Gasteiger partial charge >= 0.3 is 0 Å². The zero-order valence-electron chi connectivity index (χ0n) is 19.2. The van der Waals surface area contributed by atoms with Crippen molar-refractivity contribution in [3.8, 4) is 0 Å². The SMILES string of the molecule is CN(C)C=O.O=C(c1ccc(N2CCCC2)c([N+](=O)[O-])c1)N1CCN(c2ccccc2)CC1. The van der Waals surface area contributed by atoms with Crippen LogP contribution in [0.2, 0.25) is 0 Å². The van der Waals surface area contributed by atoms with Crippen LogP contribution >= 0.6 is 0 Å². The Bertz CT molecular complexity index is 953. The standard InChI is InChI=1S/C21H24N4O3.C3H7NO/c26-21(24-14-12-22(13-15-24)18-6-2-1-3-7-18)17-8-9-19(20(16-17)25(27)28)23-10-4-5-11-23;1-4(2)3-5/h1-3,6-9,16H,4-5,10-15H2;3H,1-2H3. The normalized spacial score (nSPS) is 15.5. The van der Waals surface area contributed by atoms with Crippen molar-refractivity contribution in [2.24, 2.45) is 0 Å². The van der Waals surface area contributed by atoms with Crippen molar-refractivity contribution in [2.45, 2.75) is 12.8 Å². The smallest absolute Gasteiger partial charge is 0.293 e. The Labute approximate surface area is 194 Å². The molecule has 0 N–H and O–H groups in total. The molecule has 2 aromatic carbocycles. The number of carbonyl (C=O) groups is 2. The molecule has 2 amide bonds. The summed E-state index contributed by atoms with van der Waals surface area (Å²) in [7, 11) is 3.38. The van der Waals surface area contributed by atoms with E-state index in [1.807, 2.05) is 23.1 Å². The van der Waals surface area contributed by atoms with Crippen molar-refractivity contribution in [1.29, 1.82) is 0 Å². The maximum absolute atomic E-state index is 12.9. The van der Waals surface area contributed by atoms with Crippen LogP contribution in [0.4, 0.5) is 17.1 Å². The van der Waals surface area contributed by atoms with E-state index in [0.717, 1.165) is 51.1 Å². The van der Waals surface area contributed by atoms with Crippen molar-refractivity contribution in [3.63, 3.8) is 0 Å². The minimum Gasteiger partial charge on any atom is -0.368 e. The predicted octanol–water partition coefficient (Wildman–Crippen LogP) is 2.86. The first-order valence-electron chi connectivity index (χ1n) is 11.1. The Morgan fingerprint density at radius 1 is 0.939 bits per heavy atom. The molecule has 0 unspecified atom stereocenters. The van der Waals surface area contributed by atoms with E-state index in [1.54, 1.807) is 31.1 Å². The largest absolute Gasteiger partial charge is 0.368 e.